The summed E-state index contributed by atoms with van der Waals surface area (Å²) in [4.78, 5) is 35.3. The highest BCUT2D eigenvalue weighted by atomic mass is 79.9. The zero-order valence-corrected chi connectivity index (χ0v) is 18.1. The van der Waals surface area contributed by atoms with Gasteiger partial charge in [-0.15, -0.1) is 10.2 Å². The Morgan fingerprint density at radius 1 is 1.10 bits per heavy atom. The molecule has 0 saturated carbocycles. The number of rotatable bonds is 7. The lowest BCUT2D eigenvalue weighted by Gasteiger charge is -2.07. The van der Waals surface area contributed by atoms with Gasteiger partial charge in [-0.3, -0.25) is 19.7 Å². The summed E-state index contributed by atoms with van der Waals surface area (Å²) in [6, 6.07) is 9.98. The summed E-state index contributed by atoms with van der Waals surface area (Å²) in [5.74, 6) is -0.626. The monoisotopic (exact) mass is 495 g/mol. The summed E-state index contributed by atoms with van der Waals surface area (Å²) in [6.45, 7) is 1.41. The number of furan rings is 1. The standard InChI is InChI=1S/C17H14BrN5O4S2/c1-9(24)19-10-3-2-4-11(7-10)20-14(25)8-28-17-23-22-16(29-17)21-15(26)12-5-6-13(18)27-12/h2-7H,8H2,1H3,(H,19,24)(H,20,25)(H,21,22,26). The Morgan fingerprint density at radius 3 is 2.55 bits per heavy atom. The number of anilines is 3. The first kappa shape index (κ1) is 21.0. The molecule has 2 aromatic heterocycles. The van der Waals surface area contributed by atoms with Crippen LogP contribution in [-0.2, 0) is 9.59 Å². The minimum absolute atomic E-state index is 0.109. The van der Waals surface area contributed by atoms with Gasteiger partial charge in [-0.2, -0.15) is 0 Å². The number of nitrogens with one attached hydrogen (secondary N) is 3. The fourth-order valence-corrected chi connectivity index (χ4v) is 3.97. The van der Waals surface area contributed by atoms with Gasteiger partial charge in [-0.05, 0) is 46.3 Å². The number of nitrogens with zero attached hydrogens (tertiary/aromatic N) is 2. The van der Waals surface area contributed by atoms with Crippen molar-refractivity contribution in [1.29, 1.82) is 0 Å². The van der Waals surface area contributed by atoms with Gasteiger partial charge in [0.15, 0.2) is 14.8 Å². The molecule has 0 fully saturated rings. The Morgan fingerprint density at radius 2 is 1.86 bits per heavy atom. The highest BCUT2D eigenvalue weighted by molar-refractivity contribution is 9.10. The molecule has 150 valence electrons. The maximum Gasteiger partial charge on any atom is 0.293 e. The van der Waals surface area contributed by atoms with Gasteiger partial charge in [-0.25, -0.2) is 0 Å². The third kappa shape index (κ3) is 6.41. The number of amides is 3. The van der Waals surface area contributed by atoms with E-state index in [4.69, 9.17) is 4.42 Å². The fraction of sp³-hybridized carbons (Fsp3) is 0.118. The molecular formula is C17H14BrN5O4S2. The maximum atomic E-state index is 12.1. The van der Waals surface area contributed by atoms with Crippen LogP contribution >= 0.6 is 39.0 Å². The van der Waals surface area contributed by atoms with Crippen molar-refractivity contribution in [2.24, 2.45) is 0 Å². The van der Waals surface area contributed by atoms with Gasteiger partial charge < -0.3 is 15.1 Å². The second-order valence-corrected chi connectivity index (χ2v) is 8.51. The summed E-state index contributed by atoms with van der Waals surface area (Å²) in [7, 11) is 0. The van der Waals surface area contributed by atoms with Gasteiger partial charge in [0.2, 0.25) is 16.9 Å². The van der Waals surface area contributed by atoms with Crippen molar-refractivity contribution in [2.45, 2.75) is 11.3 Å². The number of benzene rings is 1. The molecule has 0 saturated heterocycles. The predicted molar refractivity (Wildman–Crippen MR) is 114 cm³/mol. The first-order chi connectivity index (χ1) is 13.9. The second-order valence-electron chi connectivity index (χ2n) is 5.53. The Hall–Kier alpha value is -2.70. The van der Waals surface area contributed by atoms with Gasteiger partial charge in [0.05, 0.1) is 5.75 Å². The molecule has 3 rings (SSSR count). The molecule has 0 aliphatic heterocycles. The molecule has 0 unspecified atom stereocenters. The number of hydrogen-bond donors (Lipinski definition) is 3. The molecule has 2 heterocycles. The van der Waals surface area contributed by atoms with E-state index >= 15 is 0 Å². The summed E-state index contributed by atoms with van der Waals surface area (Å²) in [5.41, 5.74) is 1.16. The molecule has 1 aromatic carbocycles. The number of aromatic nitrogens is 2. The molecule has 9 nitrogen and oxygen atoms in total. The molecule has 12 heteroatoms. The average molecular weight is 496 g/mol. The third-order valence-electron chi connectivity index (χ3n) is 3.22. The third-order valence-corrected chi connectivity index (χ3v) is 5.62. The lowest BCUT2D eigenvalue weighted by Crippen LogP contribution is -2.14. The molecule has 3 amide bonds. The van der Waals surface area contributed by atoms with Gasteiger partial charge in [0.25, 0.3) is 5.91 Å². The normalized spacial score (nSPS) is 10.4. The summed E-state index contributed by atoms with van der Waals surface area (Å²) < 4.78 is 6.15. The summed E-state index contributed by atoms with van der Waals surface area (Å²) in [5, 5.41) is 16.1. The summed E-state index contributed by atoms with van der Waals surface area (Å²) >= 11 is 5.47. The zero-order valence-electron chi connectivity index (χ0n) is 14.9. The van der Waals surface area contributed by atoms with E-state index in [1.807, 2.05) is 0 Å². The minimum atomic E-state index is -0.444. The van der Waals surface area contributed by atoms with E-state index in [9.17, 15) is 14.4 Å². The Bertz CT molecular complexity index is 1050. The first-order valence-electron chi connectivity index (χ1n) is 8.09. The largest absolute Gasteiger partial charge is 0.444 e. The van der Waals surface area contributed by atoms with E-state index in [-0.39, 0.29) is 23.3 Å². The van der Waals surface area contributed by atoms with Crippen LogP contribution in [0.25, 0.3) is 0 Å². The van der Waals surface area contributed by atoms with Crippen molar-refractivity contribution in [3.05, 3.63) is 46.8 Å². The number of hydrogen-bond acceptors (Lipinski definition) is 8. The van der Waals surface area contributed by atoms with Crippen molar-refractivity contribution in [2.75, 3.05) is 21.7 Å². The lowest BCUT2D eigenvalue weighted by molar-refractivity contribution is -0.114. The van der Waals surface area contributed by atoms with Crippen LogP contribution < -0.4 is 16.0 Å². The minimum Gasteiger partial charge on any atom is -0.444 e. The number of carbonyl (C=O) groups excluding carboxylic acids is 3. The van der Waals surface area contributed by atoms with Crippen molar-refractivity contribution in [1.82, 2.24) is 10.2 Å². The Labute approximate surface area is 181 Å². The molecule has 29 heavy (non-hydrogen) atoms. The molecule has 3 aromatic rings. The highest BCUT2D eigenvalue weighted by Crippen LogP contribution is 2.26. The smallest absolute Gasteiger partial charge is 0.293 e. The molecular weight excluding hydrogens is 482 g/mol. The quantitative estimate of drug-likeness (QED) is 0.335. The van der Waals surface area contributed by atoms with Gasteiger partial charge in [0, 0.05) is 18.3 Å². The number of halogens is 1. The van der Waals surface area contributed by atoms with Crippen molar-refractivity contribution in [3.63, 3.8) is 0 Å². The SMILES string of the molecule is CC(=O)Nc1cccc(NC(=O)CSc2nnc(NC(=O)c3ccc(Br)o3)s2)c1. The van der Waals surface area contributed by atoms with Crippen molar-refractivity contribution < 1.29 is 18.8 Å². The first-order valence-corrected chi connectivity index (χ1v) is 10.7. The van der Waals surface area contributed by atoms with Crippen LogP contribution in [0.15, 0.2) is 49.8 Å². The molecule has 0 aliphatic carbocycles. The molecule has 0 aliphatic rings. The van der Waals surface area contributed by atoms with Gasteiger partial charge in [0.1, 0.15) is 0 Å². The topological polar surface area (TPSA) is 126 Å². The van der Waals surface area contributed by atoms with Gasteiger partial charge >= 0.3 is 0 Å². The second kappa shape index (κ2) is 9.67. The average Bonchev–Trinajstić information content (AvgIpc) is 3.28. The molecule has 0 bridgehead atoms. The Kier molecular flexibility index (Phi) is 7.01. The molecule has 0 atom stereocenters. The Balaban J connectivity index is 1.49. The maximum absolute atomic E-state index is 12.1. The van der Waals surface area contributed by atoms with Crippen LogP contribution in [0.3, 0.4) is 0 Å². The van der Waals surface area contributed by atoms with Crippen molar-refractivity contribution in [3.8, 4) is 0 Å². The van der Waals surface area contributed by atoms with E-state index in [1.165, 1.54) is 24.8 Å². The van der Waals surface area contributed by atoms with Crippen LogP contribution in [0.5, 0.6) is 0 Å². The molecule has 3 N–H and O–H groups in total. The van der Waals surface area contributed by atoms with Crippen molar-refractivity contribution >= 4 is 73.3 Å². The number of carbonyl (C=O) groups is 3. The number of thioether (sulfide) groups is 1. The van der Waals surface area contributed by atoms with Crippen LogP contribution in [0.4, 0.5) is 16.5 Å². The predicted octanol–water partition coefficient (Wildman–Crippen LogP) is 3.84. The lowest BCUT2D eigenvalue weighted by atomic mass is 10.2. The van der Waals surface area contributed by atoms with E-state index in [1.54, 1.807) is 30.3 Å². The summed E-state index contributed by atoms with van der Waals surface area (Å²) in [6.07, 6.45) is 0. The fourth-order valence-electron chi connectivity index (χ4n) is 2.12. The van der Waals surface area contributed by atoms with Crippen LogP contribution in [0, 0.1) is 0 Å². The van der Waals surface area contributed by atoms with Crippen LogP contribution in [0.1, 0.15) is 17.5 Å². The van der Waals surface area contributed by atoms with Crippen LogP contribution in [0.2, 0.25) is 0 Å². The van der Waals surface area contributed by atoms with E-state index in [2.05, 4.69) is 42.1 Å². The zero-order chi connectivity index (χ0) is 20.8. The van der Waals surface area contributed by atoms with E-state index < -0.39 is 5.91 Å². The molecule has 0 radical (unpaired) electrons. The van der Waals surface area contributed by atoms with Crippen LogP contribution in [-0.4, -0.2) is 33.7 Å². The molecule has 0 spiro atoms. The van der Waals surface area contributed by atoms with E-state index in [0.717, 1.165) is 11.3 Å². The highest BCUT2D eigenvalue weighted by Gasteiger charge is 2.14. The van der Waals surface area contributed by atoms with E-state index in [0.29, 0.717) is 25.5 Å². The van der Waals surface area contributed by atoms with Gasteiger partial charge in [-0.1, -0.05) is 29.2 Å².